The van der Waals surface area contributed by atoms with Gasteiger partial charge in [0.05, 0.1) is 17.7 Å². The lowest BCUT2D eigenvalue weighted by atomic mass is 10.1. The third kappa shape index (κ3) is 5.82. The molecule has 0 heterocycles. The lowest BCUT2D eigenvalue weighted by molar-refractivity contribution is 0.0696. The number of benzene rings is 2. The van der Waals surface area contributed by atoms with Crippen LogP contribution >= 0.6 is 0 Å². The monoisotopic (exact) mass is 359 g/mol. The minimum absolute atomic E-state index is 0.0164. The average Bonchev–Trinajstić information content (AvgIpc) is 2.64. The summed E-state index contributed by atoms with van der Waals surface area (Å²) < 4.78 is 10.3. The van der Waals surface area contributed by atoms with E-state index in [2.05, 4.69) is 5.32 Å². The predicted molar refractivity (Wildman–Crippen MR) is 90.5 cm³/mol. The normalized spacial score (nSPS) is 10.0. The maximum absolute atomic E-state index is 11.6. The molecule has 0 aromatic heterocycles. The summed E-state index contributed by atoms with van der Waals surface area (Å²) in [6.45, 7) is 0.256. The number of carbonyl (C=O) groups is 3. The standard InChI is InChI=1S/C18H17NO7/c20-16(21)13-8-14(17(22)23)10-15(9-13)25-7-6-19-18(24)26-11-12-4-2-1-3-5-12/h1-5,8-10H,6-7,11H2,(H,19,24)(H,20,21)(H,22,23). The Balaban J connectivity index is 1.79. The average molecular weight is 359 g/mol. The number of carboxylic acid groups (broad SMARTS) is 2. The fraction of sp³-hybridized carbons (Fsp3) is 0.167. The highest BCUT2D eigenvalue weighted by Crippen LogP contribution is 2.17. The number of hydrogen-bond acceptors (Lipinski definition) is 5. The van der Waals surface area contributed by atoms with Crippen LogP contribution in [0.15, 0.2) is 48.5 Å². The second kappa shape index (κ2) is 9.07. The minimum atomic E-state index is -1.26. The van der Waals surface area contributed by atoms with Crippen molar-refractivity contribution in [1.29, 1.82) is 0 Å². The second-order valence-corrected chi connectivity index (χ2v) is 5.19. The first-order valence-corrected chi connectivity index (χ1v) is 7.65. The molecule has 1 amide bonds. The molecule has 2 aromatic rings. The molecule has 0 saturated carbocycles. The first kappa shape index (κ1) is 18.8. The van der Waals surface area contributed by atoms with E-state index in [1.807, 2.05) is 30.3 Å². The van der Waals surface area contributed by atoms with E-state index in [1.54, 1.807) is 0 Å². The molecule has 2 aromatic carbocycles. The molecule has 0 saturated heterocycles. The highest BCUT2D eigenvalue weighted by molar-refractivity contribution is 5.94. The van der Waals surface area contributed by atoms with Gasteiger partial charge in [0.25, 0.3) is 0 Å². The number of hydrogen-bond donors (Lipinski definition) is 3. The minimum Gasteiger partial charge on any atom is -0.492 e. The summed E-state index contributed by atoms with van der Waals surface area (Å²) >= 11 is 0. The van der Waals surface area contributed by atoms with Gasteiger partial charge < -0.3 is 25.0 Å². The molecule has 2 rings (SSSR count). The van der Waals surface area contributed by atoms with E-state index in [0.29, 0.717) is 0 Å². The van der Waals surface area contributed by atoms with Crippen LogP contribution in [0.5, 0.6) is 5.75 Å². The van der Waals surface area contributed by atoms with E-state index in [4.69, 9.17) is 19.7 Å². The zero-order valence-electron chi connectivity index (χ0n) is 13.7. The van der Waals surface area contributed by atoms with Gasteiger partial charge in [0.15, 0.2) is 0 Å². The largest absolute Gasteiger partial charge is 0.492 e. The smallest absolute Gasteiger partial charge is 0.407 e. The van der Waals surface area contributed by atoms with Crippen molar-refractivity contribution < 1.29 is 34.1 Å². The molecule has 136 valence electrons. The molecule has 0 bridgehead atoms. The van der Waals surface area contributed by atoms with Crippen LogP contribution in [0.25, 0.3) is 0 Å². The van der Waals surface area contributed by atoms with E-state index in [1.165, 1.54) is 12.1 Å². The van der Waals surface area contributed by atoms with Crippen LogP contribution in [0.2, 0.25) is 0 Å². The summed E-state index contributed by atoms with van der Waals surface area (Å²) in [5, 5.41) is 20.5. The number of ether oxygens (including phenoxy) is 2. The Morgan fingerprint density at radius 3 is 2.12 bits per heavy atom. The Labute approximate surface area is 149 Å². The third-order valence-corrected chi connectivity index (χ3v) is 3.25. The fourth-order valence-electron chi connectivity index (χ4n) is 2.03. The van der Waals surface area contributed by atoms with Gasteiger partial charge in [-0.2, -0.15) is 0 Å². The van der Waals surface area contributed by atoms with Gasteiger partial charge >= 0.3 is 18.0 Å². The Bertz CT molecular complexity index is 757. The number of nitrogens with one attached hydrogen (secondary N) is 1. The lowest BCUT2D eigenvalue weighted by Crippen LogP contribution is -2.28. The van der Waals surface area contributed by atoms with Crippen LogP contribution < -0.4 is 10.1 Å². The number of alkyl carbamates (subject to hydrolysis) is 1. The van der Waals surface area contributed by atoms with E-state index >= 15 is 0 Å². The molecule has 8 heteroatoms. The number of aromatic carboxylic acids is 2. The van der Waals surface area contributed by atoms with E-state index in [-0.39, 0.29) is 36.6 Å². The summed E-state index contributed by atoms with van der Waals surface area (Å²) in [5.74, 6) is -2.44. The van der Waals surface area contributed by atoms with Gasteiger partial charge in [0.2, 0.25) is 0 Å². The van der Waals surface area contributed by atoms with Crippen LogP contribution in [-0.4, -0.2) is 41.4 Å². The van der Waals surface area contributed by atoms with Crippen LogP contribution in [0, 0.1) is 0 Å². The van der Waals surface area contributed by atoms with Gasteiger partial charge in [0, 0.05) is 0 Å². The third-order valence-electron chi connectivity index (χ3n) is 3.25. The Hall–Kier alpha value is -3.55. The molecule has 0 unspecified atom stereocenters. The van der Waals surface area contributed by atoms with Crippen molar-refractivity contribution in [1.82, 2.24) is 5.32 Å². The van der Waals surface area contributed by atoms with Crippen LogP contribution in [0.1, 0.15) is 26.3 Å². The molecule has 26 heavy (non-hydrogen) atoms. The predicted octanol–water partition coefficient (Wildman–Crippen LogP) is 2.39. The molecular weight excluding hydrogens is 342 g/mol. The van der Waals surface area contributed by atoms with Crippen LogP contribution in [-0.2, 0) is 11.3 Å². The van der Waals surface area contributed by atoms with Crippen molar-refractivity contribution in [2.24, 2.45) is 0 Å². The number of rotatable bonds is 8. The first-order valence-electron chi connectivity index (χ1n) is 7.65. The molecule has 0 spiro atoms. The van der Waals surface area contributed by atoms with Gasteiger partial charge in [-0.05, 0) is 23.8 Å². The van der Waals surface area contributed by atoms with E-state index < -0.39 is 18.0 Å². The zero-order chi connectivity index (χ0) is 18.9. The maximum atomic E-state index is 11.6. The number of amides is 1. The van der Waals surface area contributed by atoms with E-state index in [0.717, 1.165) is 11.6 Å². The van der Waals surface area contributed by atoms with Gasteiger partial charge in [0.1, 0.15) is 19.0 Å². The number of carboxylic acids is 2. The first-order chi connectivity index (χ1) is 12.5. The Morgan fingerprint density at radius 2 is 1.54 bits per heavy atom. The van der Waals surface area contributed by atoms with Crippen LogP contribution in [0.4, 0.5) is 4.79 Å². The molecule has 0 aliphatic rings. The van der Waals surface area contributed by atoms with Crippen molar-refractivity contribution in [3.63, 3.8) is 0 Å². The summed E-state index contributed by atoms with van der Waals surface area (Å²) in [6.07, 6.45) is -0.622. The van der Waals surface area contributed by atoms with Crippen molar-refractivity contribution in [3.8, 4) is 5.75 Å². The quantitative estimate of drug-likeness (QED) is 0.619. The highest BCUT2D eigenvalue weighted by atomic mass is 16.5. The van der Waals surface area contributed by atoms with Gasteiger partial charge in [-0.3, -0.25) is 0 Å². The van der Waals surface area contributed by atoms with Crippen LogP contribution in [0.3, 0.4) is 0 Å². The summed E-state index contributed by atoms with van der Waals surface area (Å²) in [5.41, 5.74) is 0.454. The molecule has 0 aliphatic heterocycles. The van der Waals surface area contributed by atoms with Gasteiger partial charge in [-0.15, -0.1) is 0 Å². The molecule has 0 radical (unpaired) electrons. The van der Waals surface area contributed by atoms with Crippen molar-refractivity contribution >= 4 is 18.0 Å². The summed E-state index contributed by atoms with van der Waals surface area (Å²) in [7, 11) is 0. The SMILES string of the molecule is O=C(NCCOc1cc(C(=O)O)cc(C(=O)O)c1)OCc1ccccc1. The van der Waals surface area contributed by atoms with Crippen molar-refractivity contribution in [2.75, 3.05) is 13.2 Å². The molecular formula is C18H17NO7. The van der Waals surface area contributed by atoms with Crippen molar-refractivity contribution in [3.05, 3.63) is 65.2 Å². The number of carbonyl (C=O) groups excluding carboxylic acids is 1. The van der Waals surface area contributed by atoms with E-state index in [9.17, 15) is 14.4 Å². The van der Waals surface area contributed by atoms with Gasteiger partial charge in [-0.25, -0.2) is 14.4 Å². The van der Waals surface area contributed by atoms with Gasteiger partial charge in [-0.1, -0.05) is 30.3 Å². The zero-order valence-corrected chi connectivity index (χ0v) is 13.7. The second-order valence-electron chi connectivity index (χ2n) is 5.19. The Morgan fingerprint density at radius 1 is 0.923 bits per heavy atom. The Kier molecular flexibility index (Phi) is 6.55. The lowest BCUT2D eigenvalue weighted by Gasteiger charge is -2.10. The van der Waals surface area contributed by atoms with Crippen molar-refractivity contribution in [2.45, 2.75) is 6.61 Å². The summed E-state index contributed by atoms with van der Waals surface area (Å²) in [4.78, 5) is 33.6. The summed E-state index contributed by atoms with van der Waals surface area (Å²) in [6, 6.07) is 12.6. The molecule has 0 aliphatic carbocycles. The fourth-order valence-corrected chi connectivity index (χ4v) is 2.03. The molecule has 8 nitrogen and oxygen atoms in total. The molecule has 0 fully saturated rings. The highest BCUT2D eigenvalue weighted by Gasteiger charge is 2.12. The molecule has 3 N–H and O–H groups in total. The maximum Gasteiger partial charge on any atom is 0.407 e. The molecule has 0 atom stereocenters. The topological polar surface area (TPSA) is 122 Å².